The minimum Gasteiger partial charge on any atom is -0.382 e. The van der Waals surface area contributed by atoms with Crippen LogP contribution < -0.4 is 5.43 Å². The second-order valence-corrected chi connectivity index (χ2v) is 6.00. The van der Waals surface area contributed by atoms with Gasteiger partial charge in [0.2, 0.25) is 0 Å². The van der Waals surface area contributed by atoms with Gasteiger partial charge in [-0.3, -0.25) is 25.7 Å². The van der Waals surface area contributed by atoms with Crippen LogP contribution in [0.1, 0.15) is 17.2 Å². The zero-order chi connectivity index (χ0) is 20.8. The van der Waals surface area contributed by atoms with Crippen LogP contribution in [0.5, 0.6) is 0 Å². The molecule has 9 nitrogen and oxygen atoms in total. The van der Waals surface area contributed by atoms with Gasteiger partial charge >= 0.3 is 5.69 Å². The Bertz CT molecular complexity index is 1050. The molecular weight excluding hydrogens is 376 g/mol. The molecule has 0 aliphatic heterocycles. The molecule has 3 aromatic carbocycles. The third-order valence-electron chi connectivity index (χ3n) is 4.13. The summed E-state index contributed by atoms with van der Waals surface area (Å²) in [6.07, 6.45) is -1.09. The normalized spacial score (nSPS) is 12.2. The van der Waals surface area contributed by atoms with Crippen molar-refractivity contribution in [3.63, 3.8) is 0 Å². The Morgan fingerprint density at radius 2 is 1.52 bits per heavy atom. The predicted octanol–water partition coefficient (Wildman–Crippen LogP) is 4.05. The number of hydrogen-bond donors (Lipinski definition) is 2. The summed E-state index contributed by atoms with van der Waals surface area (Å²) in [7, 11) is 0. The Labute approximate surface area is 165 Å². The molecule has 2 N–H and O–H groups in total. The van der Waals surface area contributed by atoms with Gasteiger partial charge in [-0.2, -0.15) is 5.10 Å². The van der Waals surface area contributed by atoms with Crippen LogP contribution in [0.3, 0.4) is 0 Å². The van der Waals surface area contributed by atoms with Gasteiger partial charge in [-0.25, -0.2) is 0 Å². The second-order valence-electron chi connectivity index (χ2n) is 6.00. The average molecular weight is 392 g/mol. The van der Waals surface area contributed by atoms with Gasteiger partial charge in [-0.1, -0.05) is 60.7 Å². The van der Waals surface area contributed by atoms with Crippen molar-refractivity contribution in [1.29, 1.82) is 0 Å². The number of benzene rings is 3. The van der Waals surface area contributed by atoms with Crippen LogP contribution in [0, 0.1) is 20.2 Å². The highest BCUT2D eigenvalue weighted by Gasteiger charge is 2.21. The van der Waals surface area contributed by atoms with Crippen LogP contribution in [0.2, 0.25) is 0 Å². The summed E-state index contributed by atoms with van der Waals surface area (Å²) in [5, 5.41) is 37.2. The Kier molecular flexibility index (Phi) is 5.91. The summed E-state index contributed by atoms with van der Waals surface area (Å²) in [6.45, 7) is 0. The van der Waals surface area contributed by atoms with Crippen LogP contribution >= 0.6 is 0 Å². The van der Waals surface area contributed by atoms with Gasteiger partial charge in [0.05, 0.1) is 15.9 Å². The summed E-state index contributed by atoms with van der Waals surface area (Å²) >= 11 is 0. The number of aliphatic hydroxyl groups excluding tert-OH is 1. The van der Waals surface area contributed by atoms with E-state index >= 15 is 0 Å². The molecule has 0 saturated heterocycles. The molecule has 0 aromatic heterocycles. The van der Waals surface area contributed by atoms with E-state index in [1.165, 1.54) is 6.07 Å². The van der Waals surface area contributed by atoms with E-state index in [1.54, 1.807) is 48.5 Å². The van der Waals surface area contributed by atoms with Crippen LogP contribution in [0.4, 0.5) is 17.1 Å². The maximum absolute atomic E-state index is 11.3. The lowest BCUT2D eigenvalue weighted by Gasteiger charge is -2.15. The Hall–Kier alpha value is -4.11. The minimum atomic E-state index is -1.09. The topological polar surface area (TPSA) is 131 Å². The second kappa shape index (κ2) is 8.72. The van der Waals surface area contributed by atoms with E-state index in [-0.39, 0.29) is 11.4 Å². The number of hydrogen-bond acceptors (Lipinski definition) is 7. The van der Waals surface area contributed by atoms with Crippen molar-refractivity contribution < 1.29 is 15.0 Å². The Morgan fingerprint density at radius 3 is 2.10 bits per heavy atom. The molecule has 0 heterocycles. The maximum Gasteiger partial charge on any atom is 0.301 e. The van der Waals surface area contributed by atoms with E-state index < -0.39 is 27.3 Å². The molecule has 0 unspecified atom stereocenters. The van der Waals surface area contributed by atoms with Crippen LogP contribution in [0.15, 0.2) is 84.0 Å². The lowest BCUT2D eigenvalue weighted by Crippen LogP contribution is -2.15. The van der Waals surface area contributed by atoms with Crippen LogP contribution in [0.25, 0.3) is 0 Å². The molecule has 146 valence electrons. The van der Waals surface area contributed by atoms with Crippen molar-refractivity contribution in [3.05, 3.63) is 110 Å². The van der Waals surface area contributed by atoms with Gasteiger partial charge in [0.15, 0.2) is 0 Å². The zero-order valence-electron chi connectivity index (χ0n) is 15.0. The van der Waals surface area contributed by atoms with E-state index in [2.05, 4.69) is 10.5 Å². The number of hydrazone groups is 1. The molecule has 3 rings (SSSR count). The van der Waals surface area contributed by atoms with E-state index in [4.69, 9.17) is 0 Å². The molecule has 9 heteroatoms. The molecule has 29 heavy (non-hydrogen) atoms. The number of nitrogens with zero attached hydrogens (tertiary/aromatic N) is 3. The first-order chi connectivity index (χ1) is 14.0. The molecule has 0 amide bonds. The molecule has 0 radical (unpaired) electrons. The molecular formula is C20H16N4O5. The lowest BCUT2D eigenvalue weighted by atomic mass is 9.99. The number of non-ortho nitro benzene ring substituents is 1. The number of nitro groups is 2. The highest BCUT2D eigenvalue weighted by atomic mass is 16.6. The summed E-state index contributed by atoms with van der Waals surface area (Å²) < 4.78 is 0. The molecule has 0 fully saturated rings. The van der Waals surface area contributed by atoms with E-state index in [0.717, 1.165) is 12.1 Å². The summed E-state index contributed by atoms with van der Waals surface area (Å²) in [4.78, 5) is 20.7. The van der Waals surface area contributed by atoms with Gasteiger partial charge in [-0.05, 0) is 11.6 Å². The van der Waals surface area contributed by atoms with Crippen molar-refractivity contribution >= 4 is 22.8 Å². The fourth-order valence-electron chi connectivity index (χ4n) is 2.69. The Balaban J connectivity index is 2.01. The lowest BCUT2D eigenvalue weighted by molar-refractivity contribution is -0.393. The monoisotopic (exact) mass is 392 g/mol. The maximum atomic E-state index is 11.3. The number of rotatable bonds is 7. The van der Waals surface area contributed by atoms with E-state index in [1.807, 2.05) is 12.1 Å². The van der Waals surface area contributed by atoms with Crippen molar-refractivity contribution in [2.24, 2.45) is 5.10 Å². The smallest absolute Gasteiger partial charge is 0.301 e. The fraction of sp³-hybridized carbons (Fsp3) is 0.0500. The minimum absolute atomic E-state index is 0.0331. The number of anilines is 1. The molecule has 1 atom stereocenters. The highest BCUT2D eigenvalue weighted by Crippen LogP contribution is 2.29. The molecule has 0 saturated carbocycles. The molecule has 0 aliphatic carbocycles. The van der Waals surface area contributed by atoms with Crippen LogP contribution in [-0.4, -0.2) is 20.7 Å². The first kappa shape index (κ1) is 19.6. The molecule has 0 bridgehead atoms. The highest BCUT2D eigenvalue weighted by molar-refractivity contribution is 6.04. The molecule has 3 aromatic rings. The summed E-state index contributed by atoms with van der Waals surface area (Å²) in [6, 6.07) is 20.9. The van der Waals surface area contributed by atoms with Gasteiger partial charge in [0.25, 0.3) is 5.69 Å². The SMILES string of the molecule is O=[N+]([O-])c1ccc(N/N=C(/c2ccccc2)[C@H](O)c2ccccc2)c([N+](=O)[O-])c1. The summed E-state index contributed by atoms with van der Waals surface area (Å²) in [5.74, 6) is 0. The number of nitrogens with one attached hydrogen (secondary N) is 1. The van der Waals surface area contributed by atoms with Crippen molar-refractivity contribution in [2.45, 2.75) is 6.10 Å². The fourth-order valence-corrected chi connectivity index (χ4v) is 2.69. The van der Waals surface area contributed by atoms with Crippen molar-refractivity contribution in [3.8, 4) is 0 Å². The first-order valence-electron chi connectivity index (χ1n) is 8.52. The molecule has 0 aliphatic rings. The van der Waals surface area contributed by atoms with Crippen LogP contribution in [-0.2, 0) is 0 Å². The van der Waals surface area contributed by atoms with Gasteiger partial charge in [-0.15, -0.1) is 0 Å². The molecule has 0 spiro atoms. The van der Waals surface area contributed by atoms with E-state index in [9.17, 15) is 25.3 Å². The predicted molar refractivity (Wildman–Crippen MR) is 108 cm³/mol. The third-order valence-corrected chi connectivity index (χ3v) is 4.13. The summed E-state index contributed by atoms with van der Waals surface area (Å²) in [5.41, 5.74) is 3.09. The average Bonchev–Trinajstić information content (AvgIpc) is 2.75. The third kappa shape index (κ3) is 4.60. The number of nitro benzene ring substituents is 2. The quantitative estimate of drug-likeness (QED) is 0.354. The van der Waals surface area contributed by atoms with E-state index in [0.29, 0.717) is 11.1 Å². The zero-order valence-corrected chi connectivity index (χ0v) is 15.0. The largest absolute Gasteiger partial charge is 0.382 e. The van der Waals surface area contributed by atoms with Gasteiger partial charge in [0.1, 0.15) is 17.5 Å². The van der Waals surface area contributed by atoms with Crippen molar-refractivity contribution in [1.82, 2.24) is 0 Å². The number of aliphatic hydroxyl groups is 1. The van der Waals surface area contributed by atoms with Gasteiger partial charge in [0, 0.05) is 11.6 Å². The Morgan fingerprint density at radius 1 is 0.897 bits per heavy atom. The van der Waals surface area contributed by atoms with Crippen molar-refractivity contribution in [2.75, 3.05) is 5.43 Å². The van der Waals surface area contributed by atoms with Gasteiger partial charge < -0.3 is 5.11 Å². The first-order valence-corrected chi connectivity index (χ1v) is 8.52. The standard InChI is InChI=1S/C20H16N4O5/c25-20(15-9-5-2-6-10-15)19(14-7-3-1-4-8-14)22-21-17-12-11-16(23(26)27)13-18(17)24(28)29/h1-13,20-21,25H/b22-19-/t20-/m1/s1.